The SMILES string of the molecule is CN[C@H]([C@@H](CC(=O)O)OC)C1(C(C)(C)C)CCCC1. The first-order valence-corrected chi connectivity index (χ1v) is 7.20. The van der Waals surface area contributed by atoms with Gasteiger partial charge in [0, 0.05) is 13.2 Å². The number of carbonyl (C=O) groups is 1. The van der Waals surface area contributed by atoms with Gasteiger partial charge in [0.1, 0.15) is 0 Å². The molecule has 0 aromatic carbocycles. The number of hydrogen-bond acceptors (Lipinski definition) is 3. The van der Waals surface area contributed by atoms with Crippen LogP contribution in [0.3, 0.4) is 0 Å². The molecule has 1 aliphatic rings. The van der Waals surface area contributed by atoms with Gasteiger partial charge in [0.25, 0.3) is 0 Å². The van der Waals surface area contributed by atoms with Crippen LogP contribution in [-0.2, 0) is 9.53 Å². The van der Waals surface area contributed by atoms with Gasteiger partial charge in [0.05, 0.1) is 12.5 Å². The summed E-state index contributed by atoms with van der Waals surface area (Å²) in [7, 11) is 3.54. The Hall–Kier alpha value is -0.610. The van der Waals surface area contributed by atoms with Crippen molar-refractivity contribution in [1.29, 1.82) is 0 Å². The summed E-state index contributed by atoms with van der Waals surface area (Å²) >= 11 is 0. The summed E-state index contributed by atoms with van der Waals surface area (Å²) in [4.78, 5) is 11.1. The van der Waals surface area contributed by atoms with Gasteiger partial charge in [-0.15, -0.1) is 0 Å². The van der Waals surface area contributed by atoms with Crippen LogP contribution in [0.5, 0.6) is 0 Å². The maximum Gasteiger partial charge on any atom is 0.306 e. The molecule has 0 unspecified atom stereocenters. The van der Waals surface area contributed by atoms with Crippen LogP contribution in [0.2, 0.25) is 0 Å². The summed E-state index contributed by atoms with van der Waals surface area (Å²) in [6.07, 6.45) is 4.50. The van der Waals surface area contributed by atoms with Crippen molar-refractivity contribution < 1.29 is 14.6 Å². The monoisotopic (exact) mass is 271 g/mol. The summed E-state index contributed by atoms with van der Waals surface area (Å²) in [5, 5.41) is 12.4. The molecule has 0 radical (unpaired) electrons. The van der Waals surface area contributed by atoms with Crippen molar-refractivity contribution in [2.75, 3.05) is 14.2 Å². The van der Waals surface area contributed by atoms with E-state index in [-0.39, 0.29) is 29.4 Å². The number of carboxylic acids is 1. The Kier molecular flexibility index (Phi) is 5.39. The molecular weight excluding hydrogens is 242 g/mol. The number of nitrogens with one attached hydrogen (secondary N) is 1. The third kappa shape index (κ3) is 3.29. The molecule has 1 rings (SSSR count). The molecule has 19 heavy (non-hydrogen) atoms. The minimum atomic E-state index is -0.797. The van der Waals surface area contributed by atoms with Crippen LogP contribution in [0.25, 0.3) is 0 Å². The standard InChI is InChI=1S/C15H29NO3/c1-14(2,3)15(8-6-7-9-15)13(16-4)11(19-5)10-12(17)18/h11,13,16H,6-10H2,1-5H3,(H,17,18)/t11-,13-/m1/s1. The topological polar surface area (TPSA) is 58.6 Å². The molecule has 1 fully saturated rings. The molecule has 2 atom stereocenters. The predicted octanol–water partition coefficient (Wildman–Crippen LogP) is 2.67. The smallest absolute Gasteiger partial charge is 0.306 e. The maximum absolute atomic E-state index is 11.1. The molecule has 4 heteroatoms. The van der Waals surface area contributed by atoms with Crippen molar-refractivity contribution in [3.8, 4) is 0 Å². The second-order valence-corrected chi connectivity index (χ2v) is 6.75. The largest absolute Gasteiger partial charge is 0.481 e. The number of likely N-dealkylation sites (N-methyl/N-ethyl adjacent to an activating group) is 1. The van der Waals surface area contributed by atoms with E-state index >= 15 is 0 Å². The first kappa shape index (κ1) is 16.4. The second-order valence-electron chi connectivity index (χ2n) is 6.75. The lowest BCUT2D eigenvalue weighted by atomic mass is 9.59. The van der Waals surface area contributed by atoms with Gasteiger partial charge >= 0.3 is 5.97 Å². The van der Waals surface area contributed by atoms with E-state index in [1.807, 2.05) is 7.05 Å². The van der Waals surface area contributed by atoms with Crippen LogP contribution in [0.1, 0.15) is 52.9 Å². The third-order valence-electron chi connectivity index (χ3n) is 4.95. The first-order valence-electron chi connectivity index (χ1n) is 7.20. The van der Waals surface area contributed by atoms with Crippen molar-refractivity contribution in [3.05, 3.63) is 0 Å². The number of rotatable bonds is 6. The van der Waals surface area contributed by atoms with Crippen LogP contribution in [0.4, 0.5) is 0 Å². The molecule has 2 N–H and O–H groups in total. The van der Waals surface area contributed by atoms with Crippen molar-refractivity contribution in [3.63, 3.8) is 0 Å². The number of carboxylic acid groups (broad SMARTS) is 1. The second kappa shape index (κ2) is 6.23. The van der Waals surface area contributed by atoms with E-state index in [9.17, 15) is 4.79 Å². The molecule has 112 valence electrons. The third-order valence-corrected chi connectivity index (χ3v) is 4.95. The Morgan fingerprint density at radius 2 is 1.89 bits per heavy atom. The molecule has 1 saturated carbocycles. The Morgan fingerprint density at radius 1 is 1.37 bits per heavy atom. The van der Waals surface area contributed by atoms with Crippen molar-refractivity contribution in [1.82, 2.24) is 5.32 Å². The number of methoxy groups -OCH3 is 1. The summed E-state index contributed by atoms with van der Waals surface area (Å²) in [6.45, 7) is 6.78. The zero-order valence-corrected chi connectivity index (χ0v) is 13.0. The van der Waals surface area contributed by atoms with Gasteiger partial charge < -0.3 is 15.2 Å². The number of hydrogen-bond donors (Lipinski definition) is 2. The van der Waals surface area contributed by atoms with Gasteiger partial charge in [0.15, 0.2) is 0 Å². The Labute approximate surface area is 116 Å². The molecular formula is C15H29NO3. The lowest BCUT2D eigenvalue weighted by Crippen LogP contribution is -2.56. The molecule has 0 saturated heterocycles. The molecule has 0 aromatic rings. The Bertz CT molecular complexity index is 303. The highest BCUT2D eigenvalue weighted by Crippen LogP contribution is 2.54. The van der Waals surface area contributed by atoms with Crippen molar-refractivity contribution in [2.45, 2.75) is 65.0 Å². The average Bonchev–Trinajstić information content (AvgIpc) is 2.78. The van der Waals surface area contributed by atoms with Gasteiger partial charge in [-0.1, -0.05) is 33.6 Å². The Morgan fingerprint density at radius 3 is 2.21 bits per heavy atom. The van der Waals surface area contributed by atoms with E-state index in [1.165, 1.54) is 12.8 Å². The Balaban J connectivity index is 3.06. The predicted molar refractivity (Wildman–Crippen MR) is 76.3 cm³/mol. The minimum Gasteiger partial charge on any atom is -0.481 e. The summed E-state index contributed by atoms with van der Waals surface area (Å²) in [5.74, 6) is -0.797. The first-order chi connectivity index (χ1) is 8.78. The molecule has 0 aromatic heterocycles. The highest BCUT2D eigenvalue weighted by Gasteiger charge is 2.51. The number of aliphatic carboxylic acids is 1. The van der Waals surface area contributed by atoms with Gasteiger partial charge in [-0.25, -0.2) is 0 Å². The zero-order chi connectivity index (χ0) is 14.7. The van der Waals surface area contributed by atoms with Crippen LogP contribution < -0.4 is 5.32 Å². The van der Waals surface area contributed by atoms with E-state index in [4.69, 9.17) is 9.84 Å². The highest BCUT2D eigenvalue weighted by atomic mass is 16.5. The fourth-order valence-electron chi connectivity index (χ4n) is 3.86. The van der Waals surface area contributed by atoms with Crippen LogP contribution in [0.15, 0.2) is 0 Å². The quantitative estimate of drug-likeness (QED) is 0.780. The van der Waals surface area contributed by atoms with Crippen LogP contribution in [-0.4, -0.2) is 37.4 Å². The van der Waals surface area contributed by atoms with Crippen molar-refractivity contribution >= 4 is 5.97 Å². The molecule has 0 amide bonds. The van der Waals surface area contributed by atoms with Gasteiger partial charge in [-0.05, 0) is 30.7 Å². The lowest BCUT2D eigenvalue weighted by Gasteiger charge is -2.50. The fraction of sp³-hybridized carbons (Fsp3) is 0.933. The molecule has 4 nitrogen and oxygen atoms in total. The lowest BCUT2D eigenvalue weighted by molar-refractivity contribution is -0.142. The average molecular weight is 271 g/mol. The van der Waals surface area contributed by atoms with Gasteiger partial charge in [-0.3, -0.25) is 4.79 Å². The van der Waals surface area contributed by atoms with Crippen LogP contribution >= 0.6 is 0 Å². The zero-order valence-electron chi connectivity index (χ0n) is 13.0. The molecule has 0 bridgehead atoms. The van der Waals surface area contributed by atoms with E-state index in [0.717, 1.165) is 12.8 Å². The maximum atomic E-state index is 11.1. The summed E-state index contributed by atoms with van der Waals surface area (Å²) < 4.78 is 5.50. The van der Waals surface area contributed by atoms with Gasteiger partial charge in [0.2, 0.25) is 0 Å². The van der Waals surface area contributed by atoms with E-state index in [0.29, 0.717) is 0 Å². The van der Waals surface area contributed by atoms with Gasteiger partial charge in [-0.2, -0.15) is 0 Å². The van der Waals surface area contributed by atoms with E-state index in [1.54, 1.807) is 7.11 Å². The highest BCUT2D eigenvalue weighted by molar-refractivity contribution is 5.67. The normalized spacial score (nSPS) is 22.2. The molecule has 1 aliphatic carbocycles. The summed E-state index contributed by atoms with van der Waals surface area (Å²) in [5.41, 5.74) is 0.240. The van der Waals surface area contributed by atoms with E-state index in [2.05, 4.69) is 26.1 Å². The van der Waals surface area contributed by atoms with E-state index < -0.39 is 5.97 Å². The summed E-state index contributed by atoms with van der Waals surface area (Å²) in [6, 6.07) is 0.0797. The molecule has 0 spiro atoms. The molecule has 0 heterocycles. The molecule has 0 aliphatic heterocycles. The fourth-order valence-corrected chi connectivity index (χ4v) is 3.86. The minimum absolute atomic E-state index is 0.0554. The van der Waals surface area contributed by atoms with Crippen molar-refractivity contribution in [2.24, 2.45) is 10.8 Å². The number of ether oxygens (including phenoxy) is 1. The van der Waals surface area contributed by atoms with Crippen LogP contribution in [0, 0.1) is 10.8 Å².